The lowest BCUT2D eigenvalue weighted by molar-refractivity contribution is -0.114. The number of hydrogen-bond donors (Lipinski definition) is 1. The van der Waals surface area contributed by atoms with Crippen molar-refractivity contribution in [3.05, 3.63) is 29.8 Å². The summed E-state index contributed by atoms with van der Waals surface area (Å²) in [5.74, 6) is 0.494. The Kier molecular flexibility index (Phi) is 3.65. The van der Waals surface area contributed by atoms with Gasteiger partial charge < -0.3 is 10.2 Å². The van der Waals surface area contributed by atoms with Crippen LogP contribution in [0.4, 0.5) is 5.69 Å². The minimum atomic E-state index is -0.130. The second kappa shape index (κ2) is 5.21. The maximum atomic E-state index is 12.2. The number of anilines is 1. The van der Waals surface area contributed by atoms with Gasteiger partial charge in [-0.3, -0.25) is 9.59 Å². The van der Waals surface area contributed by atoms with Gasteiger partial charge in [0.05, 0.1) is 0 Å². The van der Waals surface area contributed by atoms with Crippen molar-refractivity contribution in [2.24, 2.45) is 5.92 Å². The van der Waals surface area contributed by atoms with Gasteiger partial charge in [-0.2, -0.15) is 0 Å². The molecule has 1 unspecified atom stereocenters. The Morgan fingerprint density at radius 3 is 2.78 bits per heavy atom. The van der Waals surface area contributed by atoms with Crippen molar-refractivity contribution in [3.8, 4) is 0 Å². The van der Waals surface area contributed by atoms with Gasteiger partial charge in [-0.1, -0.05) is 13.0 Å². The number of benzene rings is 1. The highest BCUT2D eigenvalue weighted by Gasteiger charge is 2.24. The fraction of sp³-hybridized carbons (Fsp3) is 0.429. The fourth-order valence-corrected chi connectivity index (χ4v) is 2.24. The molecule has 1 aromatic carbocycles. The zero-order chi connectivity index (χ0) is 13.1. The molecule has 1 aliphatic heterocycles. The van der Waals surface area contributed by atoms with Crippen LogP contribution in [-0.2, 0) is 4.79 Å². The van der Waals surface area contributed by atoms with Gasteiger partial charge >= 0.3 is 0 Å². The van der Waals surface area contributed by atoms with Gasteiger partial charge in [0.1, 0.15) is 0 Å². The largest absolute Gasteiger partial charge is 0.338 e. The number of rotatable bonds is 2. The van der Waals surface area contributed by atoms with E-state index in [-0.39, 0.29) is 11.8 Å². The lowest BCUT2D eigenvalue weighted by atomic mass is 10.1. The van der Waals surface area contributed by atoms with E-state index in [2.05, 4.69) is 12.2 Å². The molecule has 2 rings (SSSR count). The zero-order valence-electron chi connectivity index (χ0n) is 10.8. The van der Waals surface area contributed by atoms with Crippen LogP contribution < -0.4 is 5.32 Å². The van der Waals surface area contributed by atoms with Crippen molar-refractivity contribution < 1.29 is 9.59 Å². The van der Waals surface area contributed by atoms with Crippen LogP contribution in [-0.4, -0.2) is 29.8 Å². The highest BCUT2D eigenvalue weighted by atomic mass is 16.2. The number of carbonyl (C=O) groups is 2. The quantitative estimate of drug-likeness (QED) is 0.869. The molecule has 1 heterocycles. The Hall–Kier alpha value is -1.84. The summed E-state index contributed by atoms with van der Waals surface area (Å²) < 4.78 is 0. The van der Waals surface area contributed by atoms with Crippen molar-refractivity contribution in [1.29, 1.82) is 0 Å². The van der Waals surface area contributed by atoms with E-state index in [4.69, 9.17) is 0 Å². The molecule has 2 amide bonds. The summed E-state index contributed by atoms with van der Waals surface area (Å²) in [6.45, 7) is 5.26. The van der Waals surface area contributed by atoms with Gasteiger partial charge in [-0.25, -0.2) is 0 Å². The number of amides is 2. The minimum absolute atomic E-state index is 0.0477. The molecule has 1 atom stereocenters. The molecule has 96 valence electrons. The van der Waals surface area contributed by atoms with Crippen LogP contribution in [0.15, 0.2) is 24.3 Å². The molecule has 0 spiro atoms. The van der Waals surface area contributed by atoms with Crippen molar-refractivity contribution in [1.82, 2.24) is 4.90 Å². The van der Waals surface area contributed by atoms with Crippen molar-refractivity contribution in [3.63, 3.8) is 0 Å². The third kappa shape index (κ3) is 2.88. The van der Waals surface area contributed by atoms with E-state index in [0.717, 1.165) is 19.5 Å². The molecule has 1 aromatic rings. The van der Waals surface area contributed by atoms with Crippen LogP contribution in [0.1, 0.15) is 30.6 Å². The van der Waals surface area contributed by atoms with E-state index in [0.29, 0.717) is 17.2 Å². The van der Waals surface area contributed by atoms with Crippen LogP contribution in [0.25, 0.3) is 0 Å². The Morgan fingerprint density at radius 1 is 1.39 bits per heavy atom. The first-order chi connectivity index (χ1) is 8.56. The van der Waals surface area contributed by atoms with Gasteiger partial charge in [-0.05, 0) is 30.5 Å². The average Bonchev–Trinajstić information content (AvgIpc) is 2.74. The molecule has 0 aromatic heterocycles. The van der Waals surface area contributed by atoms with E-state index in [9.17, 15) is 9.59 Å². The average molecular weight is 246 g/mol. The summed E-state index contributed by atoms with van der Waals surface area (Å²) in [4.78, 5) is 25.1. The number of nitrogens with one attached hydrogen (secondary N) is 1. The van der Waals surface area contributed by atoms with E-state index >= 15 is 0 Å². The van der Waals surface area contributed by atoms with Gasteiger partial charge in [0.15, 0.2) is 0 Å². The number of hydrogen-bond acceptors (Lipinski definition) is 2. The molecule has 4 nitrogen and oxygen atoms in total. The highest BCUT2D eigenvalue weighted by Crippen LogP contribution is 2.19. The van der Waals surface area contributed by atoms with Gasteiger partial charge in [0.25, 0.3) is 5.91 Å². The first-order valence-electron chi connectivity index (χ1n) is 6.23. The molecule has 0 radical (unpaired) electrons. The molecule has 1 saturated heterocycles. The van der Waals surface area contributed by atoms with Crippen LogP contribution in [0.5, 0.6) is 0 Å². The third-order valence-corrected chi connectivity index (χ3v) is 3.14. The molecule has 0 saturated carbocycles. The van der Waals surface area contributed by atoms with Gasteiger partial charge in [0, 0.05) is 31.3 Å². The maximum absolute atomic E-state index is 12.2. The summed E-state index contributed by atoms with van der Waals surface area (Å²) >= 11 is 0. The van der Waals surface area contributed by atoms with E-state index in [1.165, 1.54) is 6.92 Å². The summed E-state index contributed by atoms with van der Waals surface area (Å²) in [6.07, 6.45) is 1.07. The standard InChI is InChI=1S/C14H18N2O2/c1-10-6-7-16(9-10)14(18)12-4-3-5-13(8-12)15-11(2)17/h3-5,8,10H,6-7,9H2,1-2H3,(H,15,17). The first kappa shape index (κ1) is 12.6. The van der Waals surface area contributed by atoms with Crippen LogP contribution in [0.2, 0.25) is 0 Å². The first-order valence-corrected chi connectivity index (χ1v) is 6.23. The van der Waals surface area contributed by atoms with E-state index in [1.54, 1.807) is 24.3 Å². The lowest BCUT2D eigenvalue weighted by Crippen LogP contribution is -2.28. The molecule has 1 fully saturated rings. The summed E-state index contributed by atoms with van der Waals surface area (Å²) in [5.41, 5.74) is 1.30. The molecule has 4 heteroatoms. The third-order valence-electron chi connectivity index (χ3n) is 3.14. The molecule has 0 aliphatic carbocycles. The second-order valence-corrected chi connectivity index (χ2v) is 4.91. The highest BCUT2D eigenvalue weighted by molar-refractivity contribution is 5.96. The predicted molar refractivity (Wildman–Crippen MR) is 70.4 cm³/mol. The van der Waals surface area contributed by atoms with Gasteiger partial charge in [0.2, 0.25) is 5.91 Å². The van der Waals surface area contributed by atoms with Crippen molar-refractivity contribution in [2.75, 3.05) is 18.4 Å². The molecule has 18 heavy (non-hydrogen) atoms. The van der Waals surface area contributed by atoms with Crippen molar-refractivity contribution in [2.45, 2.75) is 20.3 Å². The number of carbonyl (C=O) groups excluding carboxylic acids is 2. The molecule has 0 bridgehead atoms. The predicted octanol–water partition coefficient (Wildman–Crippen LogP) is 2.13. The van der Waals surface area contributed by atoms with Gasteiger partial charge in [-0.15, -0.1) is 0 Å². The molecular formula is C14H18N2O2. The Morgan fingerprint density at radius 2 is 2.17 bits per heavy atom. The summed E-state index contributed by atoms with van der Waals surface area (Å²) in [6, 6.07) is 7.09. The lowest BCUT2D eigenvalue weighted by Gasteiger charge is -2.16. The minimum Gasteiger partial charge on any atom is -0.338 e. The Bertz CT molecular complexity index is 471. The smallest absolute Gasteiger partial charge is 0.253 e. The Balaban J connectivity index is 2.12. The number of nitrogens with zero attached hydrogens (tertiary/aromatic N) is 1. The van der Waals surface area contributed by atoms with Crippen LogP contribution in [0.3, 0.4) is 0 Å². The number of likely N-dealkylation sites (tertiary alicyclic amines) is 1. The summed E-state index contributed by atoms with van der Waals surface area (Å²) in [7, 11) is 0. The van der Waals surface area contributed by atoms with E-state index in [1.807, 2.05) is 4.90 Å². The van der Waals surface area contributed by atoms with Crippen LogP contribution in [0, 0.1) is 5.92 Å². The van der Waals surface area contributed by atoms with Crippen LogP contribution >= 0.6 is 0 Å². The fourth-order valence-electron chi connectivity index (χ4n) is 2.24. The zero-order valence-corrected chi connectivity index (χ0v) is 10.8. The molecular weight excluding hydrogens is 228 g/mol. The Labute approximate surface area is 107 Å². The molecule has 1 N–H and O–H groups in total. The normalized spacial score (nSPS) is 18.8. The maximum Gasteiger partial charge on any atom is 0.253 e. The van der Waals surface area contributed by atoms with Crippen molar-refractivity contribution >= 4 is 17.5 Å². The monoisotopic (exact) mass is 246 g/mol. The summed E-state index contributed by atoms with van der Waals surface area (Å²) in [5, 5.41) is 2.69. The molecule has 1 aliphatic rings. The topological polar surface area (TPSA) is 49.4 Å². The van der Waals surface area contributed by atoms with E-state index < -0.39 is 0 Å². The SMILES string of the molecule is CC(=O)Nc1cccc(C(=O)N2CCC(C)C2)c1. The second-order valence-electron chi connectivity index (χ2n) is 4.91.